The number of anilines is 2. The van der Waals surface area contributed by atoms with Crippen LogP contribution in [-0.2, 0) is 9.47 Å². The Balaban J connectivity index is 1.21. The zero-order valence-electron chi connectivity index (χ0n) is 28.4. The van der Waals surface area contributed by atoms with E-state index in [2.05, 4.69) is 25.2 Å². The number of nitrogens with one attached hydrogen (secondary N) is 1. The number of carbonyl (C=O) groups excluding carboxylic acids is 2. The van der Waals surface area contributed by atoms with E-state index in [-0.39, 0.29) is 29.8 Å². The van der Waals surface area contributed by atoms with Crippen LogP contribution >= 0.6 is 0 Å². The number of ether oxygens (including phenoxy) is 4. The highest BCUT2D eigenvalue weighted by atomic mass is 16.6. The van der Waals surface area contributed by atoms with Crippen molar-refractivity contribution >= 4 is 40.1 Å². The Morgan fingerprint density at radius 3 is 2.50 bits per heavy atom. The van der Waals surface area contributed by atoms with Gasteiger partial charge < -0.3 is 29.2 Å². The summed E-state index contributed by atoms with van der Waals surface area (Å²) in [5.41, 5.74) is 2.09. The van der Waals surface area contributed by atoms with E-state index in [1.807, 2.05) is 53.8 Å². The predicted molar refractivity (Wildman–Crippen MR) is 178 cm³/mol. The lowest BCUT2D eigenvalue weighted by molar-refractivity contribution is -0.0379. The molecule has 0 spiro atoms. The fraction of sp³-hybridized carbons (Fsp3) is 0.529. The zero-order valence-corrected chi connectivity index (χ0v) is 28.4. The van der Waals surface area contributed by atoms with Crippen molar-refractivity contribution in [1.82, 2.24) is 29.2 Å². The second-order valence-corrected chi connectivity index (χ2v) is 14.3. The fourth-order valence-corrected chi connectivity index (χ4v) is 7.16. The Kier molecular flexibility index (Phi) is 7.80. The molecule has 3 aromatic heterocycles. The molecule has 4 aromatic rings. The Bertz CT molecular complexity index is 1880. The van der Waals surface area contributed by atoms with Gasteiger partial charge in [0.25, 0.3) is 11.8 Å². The summed E-state index contributed by atoms with van der Waals surface area (Å²) in [4.78, 5) is 49.3. The van der Waals surface area contributed by atoms with Crippen LogP contribution in [0.4, 0.5) is 16.3 Å². The number of hydrogen-bond donors (Lipinski definition) is 1. The maximum atomic E-state index is 13.9. The third kappa shape index (κ3) is 5.93. The highest BCUT2D eigenvalue weighted by Gasteiger charge is 2.52. The number of aryl methyl sites for hydroxylation is 1. The number of piperazine rings is 1. The van der Waals surface area contributed by atoms with Gasteiger partial charge in [-0.1, -0.05) is 0 Å². The van der Waals surface area contributed by atoms with Crippen molar-refractivity contribution in [3.63, 3.8) is 0 Å². The first kappa shape index (κ1) is 31.9. The average molecular weight is 659 g/mol. The smallest absolute Gasteiger partial charge is 0.410 e. The van der Waals surface area contributed by atoms with E-state index < -0.39 is 11.5 Å². The van der Waals surface area contributed by atoms with Crippen molar-refractivity contribution < 1.29 is 28.5 Å². The third-order valence-corrected chi connectivity index (χ3v) is 9.19. The van der Waals surface area contributed by atoms with Gasteiger partial charge in [0, 0.05) is 36.6 Å². The van der Waals surface area contributed by atoms with Crippen LogP contribution in [0, 0.1) is 12.8 Å². The van der Waals surface area contributed by atoms with E-state index in [9.17, 15) is 9.59 Å². The van der Waals surface area contributed by atoms with E-state index in [4.69, 9.17) is 23.9 Å². The zero-order chi connectivity index (χ0) is 34.0. The van der Waals surface area contributed by atoms with Gasteiger partial charge in [-0.3, -0.25) is 14.1 Å². The number of hydrogen-bond acceptors (Lipinski definition) is 11. The second-order valence-electron chi connectivity index (χ2n) is 14.3. The standard InChI is InChI=1S/C34H42N8O6/c1-19-13-41-16-26(38-30(45-7)28(41)36-19)37-29(43)23-8-9-25(40-14-20(2)42(21(3)15-40)32(44)48-33(4,5)6)24-12-35-31(39-27(23)24)46-18-34-10-22(11-34)17-47-34/h8-9,12-13,16,20-22H,10-11,14-15,17-18H2,1-7H3,(H,37,43)/t20-,21-,22?,34?/m0/s1. The minimum Gasteiger partial charge on any atom is -0.478 e. The maximum Gasteiger partial charge on any atom is 0.410 e. The van der Waals surface area contributed by atoms with Crippen molar-refractivity contribution in [2.75, 3.05) is 43.6 Å². The van der Waals surface area contributed by atoms with Gasteiger partial charge in [0.05, 0.1) is 48.8 Å². The molecule has 4 fully saturated rings. The first-order valence-electron chi connectivity index (χ1n) is 16.4. The number of rotatable bonds is 7. The lowest BCUT2D eigenvalue weighted by atomic mass is 9.75. The first-order valence-corrected chi connectivity index (χ1v) is 16.4. The molecule has 4 aliphatic rings. The molecule has 8 rings (SSSR count). The Morgan fingerprint density at radius 1 is 1.08 bits per heavy atom. The summed E-state index contributed by atoms with van der Waals surface area (Å²) in [6.07, 6.45) is 6.84. The molecule has 254 valence electrons. The molecule has 3 saturated heterocycles. The van der Waals surface area contributed by atoms with Crippen molar-refractivity contribution in [2.24, 2.45) is 5.92 Å². The molecule has 6 heterocycles. The van der Waals surface area contributed by atoms with Gasteiger partial charge in [-0.15, -0.1) is 0 Å². The van der Waals surface area contributed by atoms with Gasteiger partial charge in [0.15, 0.2) is 5.82 Å². The monoisotopic (exact) mass is 658 g/mol. The van der Waals surface area contributed by atoms with Crippen molar-refractivity contribution in [3.05, 3.63) is 42.0 Å². The average Bonchev–Trinajstić information content (AvgIpc) is 3.71. The molecule has 1 saturated carbocycles. The largest absolute Gasteiger partial charge is 0.478 e. The van der Waals surface area contributed by atoms with E-state index >= 15 is 0 Å². The SMILES string of the molecule is COc1nc(NC(=O)c2ccc(N3C[C@H](C)N(C(=O)OC(C)(C)C)[C@@H](C)C3)c3cnc(OCC45CC(CO4)C5)nc23)cn2cc(C)nc12. The van der Waals surface area contributed by atoms with E-state index in [1.165, 1.54) is 7.11 Å². The summed E-state index contributed by atoms with van der Waals surface area (Å²) in [6.45, 7) is 13.7. The van der Waals surface area contributed by atoms with Crippen LogP contribution in [0.25, 0.3) is 16.6 Å². The van der Waals surface area contributed by atoms with E-state index in [1.54, 1.807) is 27.8 Å². The summed E-state index contributed by atoms with van der Waals surface area (Å²) < 4.78 is 25.0. The normalized spacial score (nSPS) is 23.7. The quantitative estimate of drug-likeness (QED) is 0.297. The van der Waals surface area contributed by atoms with Gasteiger partial charge in [-0.25, -0.2) is 14.8 Å². The Labute approximate surface area is 278 Å². The molecule has 2 atom stereocenters. The van der Waals surface area contributed by atoms with Crippen LogP contribution in [0.15, 0.2) is 30.7 Å². The number of benzene rings is 1. The predicted octanol–water partition coefficient (Wildman–Crippen LogP) is 4.63. The molecule has 2 amide bonds. The molecule has 0 unspecified atom stereocenters. The molecule has 3 aliphatic heterocycles. The fourth-order valence-electron chi connectivity index (χ4n) is 7.16. The van der Waals surface area contributed by atoms with Gasteiger partial charge in [-0.05, 0) is 72.4 Å². The molecule has 1 aliphatic carbocycles. The second kappa shape index (κ2) is 11.8. The van der Waals surface area contributed by atoms with Gasteiger partial charge >= 0.3 is 12.1 Å². The Morgan fingerprint density at radius 2 is 1.83 bits per heavy atom. The summed E-state index contributed by atoms with van der Waals surface area (Å²) in [5.74, 6) is 0.780. The molecule has 14 nitrogen and oxygen atoms in total. The summed E-state index contributed by atoms with van der Waals surface area (Å²) in [5, 5.41) is 3.60. The summed E-state index contributed by atoms with van der Waals surface area (Å²) in [7, 11) is 1.51. The van der Waals surface area contributed by atoms with Crippen LogP contribution in [0.5, 0.6) is 11.9 Å². The number of methoxy groups -OCH3 is 1. The van der Waals surface area contributed by atoms with Gasteiger partial charge in [-0.2, -0.15) is 9.97 Å². The molecule has 2 bridgehead atoms. The van der Waals surface area contributed by atoms with Crippen molar-refractivity contribution in [1.29, 1.82) is 0 Å². The van der Waals surface area contributed by atoms with Gasteiger partial charge in [0.1, 0.15) is 17.8 Å². The number of aromatic nitrogens is 5. The lowest BCUT2D eigenvalue weighted by Crippen LogP contribution is -2.59. The number of imidazole rings is 1. The molecule has 48 heavy (non-hydrogen) atoms. The maximum absolute atomic E-state index is 13.9. The topological polar surface area (TPSA) is 146 Å². The highest BCUT2D eigenvalue weighted by Crippen LogP contribution is 2.48. The Hall–Kier alpha value is -4.72. The van der Waals surface area contributed by atoms with E-state index in [0.717, 1.165) is 30.8 Å². The third-order valence-electron chi connectivity index (χ3n) is 9.19. The summed E-state index contributed by atoms with van der Waals surface area (Å²) >= 11 is 0. The first-order chi connectivity index (χ1) is 22.8. The molecule has 14 heteroatoms. The minimum absolute atomic E-state index is 0.134. The number of carbonyl (C=O) groups is 2. The van der Waals surface area contributed by atoms with Crippen molar-refractivity contribution in [3.8, 4) is 11.9 Å². The van der Waals surface area contributed by atoms with Crippen LogP contribution in [0.2, 0.25) is 0 Å². The minimum atomic E-state index is -0.592. The number of fused-ring (bicyclic) bond motifs is 3. The van der Waals surface area contributed by atoms with E-state index in [0.29, 0.717) is 59.4 Å². The molecule has 1 N–H and O–H groups in total. The van der Waals surface area contributed by atoms with Gasteiger partial charge in [0.2, 0.25) is 5.65 Å². The number of amides is 2. The molecular weight excluding hydrogens is 616 g/mol. The molecular formula is C34H42N8O6. The molecule has 1 aromatic carbocycles. The lowest BCUT2D eigenvalue weighted by Gasteiger charge is -2.45. The van der Waals surface area contributed by atoms with Crippen LogP contribution in [0.3, 0.4) is 0 Å². The van der Waals surface area contributed by atoms with Crippen LogP contribution < -0.4 is 19.7 Å². The summed E-state index contributed by atoms with van der Waals surface area (Å²) in [6, 6.07) is 3.56. The van der Waals surface area contributed by atoms with Crippen molar-refractivity contribution in [2.45, 2.75) is 77.7 Å². The number of nitrogens with zero attached hydrogens (tertiary/aromatic N) is 7. The highest BCUT2D eigenvalue weighted by molar-refractivity contribution is 6.13. The van der Waals surface area contributed by atoms with Crippen LogP contribution in [-0.4, -0.2) is 97.9 Å². The van der Waals surface area contributed by atoms with Crippen LogP contribution in [0.1, 0.15) is 63.5 Å². The molecule has 0 radical (unpaired) electrons.